The van der Waals surface area contributed by atoms with Crippen molar-refractivity contribution in [3.8, 4) is 0 Å². The number of nitrogens with one attached hydrogen (secondary N) is 1. The van der Waals surface area contributed by atoms with Crippen molar-refractivity contribution in [3.63, 3.8) is 0 Å². The molecule has 2 heteroatoms. The fraction of sp³-hybridized carbons (Fsp3) is 0.667. The number of ether oxygens (including phenoxy) is 1. The van der Waals surface area contributed by atoms with E-state index < -0.39 is 0 Å². The quantitative estimate of drug-likeness (QED) is 0.546. The second-order valence-electron chi connectivity index (χ2n) is 1.50. The summed E-state index contributed by atoms with van der Waals surface area (Å²) in [5.74, 6) is 0.801. The van der Waals surface area contributed by atoms with Crippen LogP contribution in [0.3, 0.4) is 0 Å². The van der Waals surface area contributed by atoms with Gasteiger partial charge in [-0.1, -0.05) is 6.58 Å². The highest BCUT2D eigenvalue weighted by Crippen LogP contribution is 1.87. The summed E-state index contributed by atoms with van der Waals surface area (Å²) >= 11 is 0. The molecule has 0 atom stereocenters. The van der Waals surface area contributed by atoms with Crippen molar-refractivity contribution in [1.82, 2.24) is 5.32 Å². The Hall–Kier alpha value is -0.500. The van der Waals surface area contributed by atoms with Gasteiger partial charge in [0.15, 0.2) is 0 Å². The van der Waals surface area contributed by atoms with Crippen LogP contribution in [0.4, 0.5) is 0 Å². The van der Waals surface area contributed by atoms with Crippen LogP contribution in [0.5, 0.6) is 0 Å². The zero-order chi connectivity index (χ0) is 6.41. The van der Waals surface area contributed by atoms with E-state index in [2.05, 4.69) is 11.9 Å². The van der Waals surface area contributed by atoms with E-state index in [1.54, 1.807) is 0 Å². The van der Waals surface area contributed by atoms with Crippen molar-refractivity contribution in [2.75, 3.05) is 20.2 Å². The Kier molecular flexibility index (Phi) is 4.36. The predicted molar refractivity (Wildman–Crippen MR) is 34.7 cm³/mol. The number of rotatable bonds is 4. The molecule has 0 amide bonds. The van der Waals surface area contributed by atoms with Gasteiger partial charge in [0.2, 0.25) is 0 Å². The van der Waals surface area contributed by atoms with Gasteiger partial charge in [-0.25, -0.2) is 0 Å². The van der Waals surface area contributed by atoms with E-state index in [4.69, 9.17) is 4.74 Å². The summed E-state index contributed by atoms with van der Waals surface area (Å²) in [6.07, 6.45) is 0. The van der Waals surface area contributed by atoms with Crippen LogP contribution < -0.4 is 5.32 Å². The molecule has 0 aliphatic heterocycles. The Morgan fingerprint density at radius 1 is 1.75 bits per heavy atom. The Labute approximate surface area is 50.5 Å². The molecule has 0 aromatic carbocycles. The monoisotopic (exact) mass is 115 g/mol. The molecule has 0 fully saturated rings. The number of likely N-dealkylation sites (N-methyl/N-ethyl adjacent to an activating group) is 1. The van der Waals surface area contributed by atoms with Gasteiger partial charge in [-0.3, -0.25) is 0 Å². The summed E-state index contributed by atoms with van der Waals surface area (Å²) in [6, 6.07) is 0. The van der Waals surface area contributed by atoms with Gasteiger partial charge in [-0.15, -0.1) is 0 Å². The first-order valence-corrected chi connectivity index (χ1v) is 2.76. The molecule has 0 spiro atoms. The molecule has 1 N–H and O–H groups in total. The third-order valence-corrected chi connectivity index (χ3v) is 0.722. The van der Waals surface area contributed by atoms with Crippen LogP contribution in [0, 0.1) is 0 Å². The van der Waals surface area contributed by atoms with Gasteiger partial charge in [0.1, 0.15) is 5.76 Å². The average molecular weight is 115 g/mol. The summed E-state index contributed by atoms with van der Waals surface area (Å²) in [4.78, 5) is 0. The molecule has 8 heavy (non-hydrogen) atoms. The van der Waals surface area contributed by atoms with Crippen molar-refractivity contribution in [3.05, 3.63) is 12.3 Å². The van der Waals surface area contributed by atoms with E-state index in [0.717, 1.165) is 12.3 Å². The van der Waals surface area contributed by atoms with Crippen molar-refractivity contribution in [2.45, 2.75) is 6.92 Å². The molecule has 0 unspecified atom stereocenters. The van der Waals surface area contributed by atoms with E-state index in [-0.39, 0.29) is 0 Å². The lowest BCUT2D eigenvalue weighted by Gasteiger charge is -2.03. The van der Waals surface area contributed by atoms with Gasteiger partial charge in [0.25, 0.3) is 0 Å². The second-order valence-corrected chi connectivity index (χ2v) is 1.50. The largest absolute Gasteiger partial charge is 0.497 e. The second kappa shape index (κ2) is 4.65. The molecule has 0 radical (unpaired) electrons. The molecule has 0 aliphatic carbocycles. The van der Waals surface area contributed by atoms with E-state index in [9.17, 15) is 0 Å². The Bertz CT molecular complexity index is 62.9. The van der Waals surface area contributed by atoms with Crippen molar-refractivity contribution in [1.29, 1.82) is 0 Å². The summed E-state index contributed by atoms with van der Waals surface area (Å²) in [5, 5.41) is 2.93. The molecule has 0 heterocycles. The summed E-state index contributed by atoms with van der Waals surface area (Å²) in [6.45, 7) is 7.05. The summed E-state index contributed by atoms with van der Waals surface area (Å²) in [7, 11) is 1.87. The van der Waals surface area contributed by atoms with Crippen LogP contribution in [-0.4, -0.2) is 20.2 Å². The van der Waals surface area contributed by atoms with Gasteiger partial charge in [-0.05, 0) is 14.0 Å². The standard InChI is InChI=1S/C6H13NO/c1-4-8-6(2)5-7-3/h7H,2,4-5H2,1,3H3. The molecule has 48 valence electrons. The molecule has 0 saturated heterocycles. The molecule has 0 aliphatic rings. The predicted octanol–water partition coefficient (Wildman–Crippen LogP) is 0.756. The number of hydrogen-bond donors (Lipinski definition) is 1. The van der Waals surface area contributed by atoms with Crippen LogP contribution in [0.25, 0.3) is 0 Å². The summed E-state index contributed by atoms with van der Waals surface area (Å²) in [5.41, 5.74) is 0. The topological polar surface area (TPSA) is 21.3 Å². The van der Waals surface area contributed by atoms with E-state index >= 15 is 0 Å². The first-order valence-electron chi connectivity index (χ1n) is 2.76. The highest BCUT2D eigenvalue weighted by Gasteiger charge is 1.86. The van der Waals surface area contributed by atoms with Gasteiger partial charge < -0.3 is 10.1 Å². The molecule has 0 aromatic rings. The third-order valence-electron chi connectivity index (χ3n) is 0.722. The Morgan fingerprint density at radius 3 is 2.75 bits per heavy atom. The molecular weight excluding hydrogens is 102 g/mol. The average Bonchev–Trinajstić information content (AvgIpc) is 1.68. The fourth-order valence-electron chi connectivity index (χ4n) is 0.452. The Morgan fingerprint density at radius 2 is 2.38 bits per heavy atom. The maximum atomic E-state index is 5.03. The first-order chi connectivity index (χ1) is 3.81. The van der Waals surface area contributed by atoms with Gasteiger partial charge in [-0.2, -0.15) is 0 Å². The fourth-order valence-corrected chi connectivity index (χ4v) is 0.452. The van der Waals surface area contributed by atoms with Crippen LogP contribution >= 0.6 is 0 Å². The molecule has 0 bridgehead atoms. The lowest BCUT2D eigenvalue weighted by Crippen LogP contribution is -2.11. The van der Waals surface area contributed by atoms with Gasteiger partial charge >= 0.3 is 0 Å². The van der Waals surface area contributed by atoms with Gasteiger partial charge in [0.05, 0.1) is 13.2 Å². The zero-order valence-electron chi connectivity index (χ0n) is 5.53. The minimum atomic E-state index is 0.709. The molecule has 0 saturated carbocycles. The lowest BCUT2D eigenvalue weighted by atomic mass is 10.5. The molecular formula is C6H13NO. The maximum Gasteiger partial charge on any atom is 0.103 e. The van der Waals surface area contributed by atoms with Crippen molar-refractivity contribution in [2.24, 2.45) is 0 Å². The normalized spacial score (nSPS) is 8.75. The molecule has 0 rings (SSSR count). The SMILES string of the molecule is C=C(CNC)OCC. The molecule has 0 aromatic heterocycles. The van der Waals surface area contributed by atoms with Crippen LogP contribution in [0.1, 0.15) is 6.92 Å². The van der Waals surface area contributed by atoms with Crippen LogP contribution in [-0.2, 0) is 4.74 Å². The van der Waals surface area contributed by atoms with Gasteiger partial charge in [0, 0.05) is 0 Å². The first kappa shape index (κ1) is 7.50. The Balaban J connectivity index is 3.06. The smallest absolute Gasteiger partial charge is 0.103 e. The summed E-state index contributed by atoms with van der Waals surface area (Å²) < 4.78 is 5.03. The number of hydrogen-bond acceptors (Lipinski definition) is 2. The zero-order valence-corrected chi connectivity index (χ0v) is 5.53. The highest BCUT2D eigenvalue weighted by atomic mass is 16.5. The van der Waals surface area contributed by atoms with Crippen LogP contribution in [0.2, 0.25) is 0 Å². The maximum absolute atomic E-state index is 5.03. The van der Waals surface area contributed by atoms with E-state index in [1.807, 2.05) is 14.0 Å². The van der Waals surface area contributed by atoms with Crippen LogP contribution in [0.15, 0.2) is 12.3 Å². The minimum absolute atomic E-state index is 0.709. The lowest BCUT2D eigenvalue weighted by molar-refractivity contribution is 0.224. The van der Waals surface area contributed by atoms with E-state index in [1.165, 1.54) is 0 Å². The third kappa shape index (κ3) is 3.68. The van der Waals surface area contributed by atoms with Crippen molar-refractivity contribution >= 4 is 0 Å². The minimum Gasteiger partial charge on any atom is -0.497 e. The van der Waals surface area contributed by atoms with Crippen molar-refractivity contribution < 1.29 is 4.74 Å². The molecule has 2 nitrogen and oxygen atoms in total. The van der Waals surface area contributed by atoms with E-state index in [0.29, 0.717) is 6.61 Å². The highest BCUT2D eigenvalue weighted by molar-refractivity contribution is 4.83.